The van der Waals surface area contributed by atoms with Gasteiger partial charge in [-0.3, -0.25) is 10.2 Å². The van der Waals surface area contributed by atoms with Crippen LogP contribution in [-0.4, -0.2) is 42.3 Å². The van der Waals surface area contributed by atoms with Crippen LogP contribution in [-0.2, 0) is 0 Å². The van der Waals surface area contributed by atoms with Gasteiger partial charge in [0.05, 0.1) is 12.0 Å². The molecule has 21 heavy (non-hydrogen) atoms. The molecule has 0 saturated carbocycles. The molecule has 0 bridgehead atoms. The number of piperidine rings is 1. The van der Waals surface area contributed by atoms with Crippen LogP contribution in [0, 0.1) is 17.2 Å². The average molecular weight is 305 g/mol. The van der Waals surface area contributed by atoms with Crippen LogP contribution in [0.5, 0.6) is 0 Å². The van der Waals surface area contributed by atoms with E-state index in [2.05, 4.69) is 11.4 Å². The van der Waals surface area contributed by atoms with E-state index in [1.54, 1.807) is 0 Å². The first-order chi connectivity index (χ1) is 9.72. The minimum absolute atomic E-state index is 0.0378. The Balaban J connectivity index is 2.62. The first-order valence-corrected chi connectivity index (χ1v) is 7.69. The highest BCUT2D eigenvalue weighted by atomic mass is 19.4. The molecule has 3 atom stereocenters. The minimum atomic E-state index is -4.11. The van der Waals surface area contributed by atoms with Crippen molar-refractivity contribution in [2.24, 2.45) is 5.92 Å². The summed E-state index contributed by atoms with van der Waals surface area (Å²) in [6, 6.07) is 2.23. The number of hydrogen-bond acceptors (Lipinski definition) is 3. The van der Waals surface area contributed by atoms with Crippen LogP contribution >= 0.6 is 0 Å². The molecule has 1 fully saturated rings. The third-order valence-corrected chi connectivity index (χ3v) is 4.25. The fourth-order valence-corrected chi connectivity index (χ4v) is 2.95. The lowest BCUT2D eigenvalue weighted by Crippen LogP contribution is -2.51. The molecule has 0 amide bonds. The summed E-state index contributed by atoms with van der Waals surface area (Å²) in [7, 11) is 0. The van der Waals surface area contributed by atoms with Crippen molar-refractivity contribution in [2.45, 2.75) is 64.2 Å². The second-order valence-corrected chi connectivity index (χ2v) is 6.30. The number of alkyl halides is 3. The molecule has 0 aromatic rings. The van der Waals surface area contributed by atoms with Crippen molar-refractivity contribution in [1.29, 1.82) is 5.26 Å². The van der Waals surface area contributed by atoms with Crippen molar-refractivity contribution < 1.29 is 13.2 Å². The van der Waals surface area contributed by atoms with Gasteiger partial charge in [-0.25, -0.2) is 0 Å². The third kappa shape index (κ3) is 5.48. The summed E-state index contributed by atoms with van der Waals surface area (Å²) < 4.78 is 38.6. The van der Waals surface area contributed by atoms with Crippen molar-refractivity contribution in [3.63, 3.8) is 0 Å². The molecule has 3 unspecified atom stereocenters. The highest BCUT2D eigenvalue weighted by Crippen LogP contribution is 2.34. The predicted molar refractivity (Wildman–Crippen MR) is 76.7 cm³/mol. The Labute approximate surface area is 125 Å². The number of halogens is 3. The van der Waals surface area contributed by atoms with Gasteiger partial charge in [0.2, 0.25) is 0 Å². The van der Waals surface area contributed by atoms with E-state index in [-0.39, 0.29) is 19.0 Å². The normalized spacial score (nSPS) is 25.1. The van der Waals surface area contributed by atoms with E-state index in [0.717, 1.165) is 13.0 Å². The Morgan fingerprint density at radius 2 is 2.10 bits per heavy atom. The molecule has 1 aliphatic rings. The summed E-state index contributed by atoms with van der Waals surface area (Å²) >= 11 is 0. The number of rotatable bonds is 6. The Kier molecular flexibility index (Phi) is 6.48. The van der Waals surface area contributed by atoms with Gasteiger partial charge in [-0.05, 0) is 52.6 Å². The van der Waals surface area contributed by atoms with Gasteiger partial charge in [-0.2, -0.15) is 18.4 Å². The fourth-order valence-electron chi connectivity index (χ4n) is 2.95. The SMILES string of the molecule is CCCNC(C)(C#N)CC(C)N1CCCC(C(F)(F)F)C1. The van der Waals surface area contributed by atoms with Crippen LogP contribution in [0.15, 0.2) is 0 Å². The molecule has 3 nitrogen and oxygen atoms in total. The van der Waals surface area contributed by atoms with Crippen LogP contribution in [0.2, 0.25) is 0 Å². The maximum atomic E-state index is 12.9. The van der Waals surface area contributed by atoms with Gasteiger partial charge >= 0.3 is 6.18 Å². The van der Waals surface area contributed by atoms with E-state index in [1.807, 2.05) is 25.7 Å². The Morgan fingerprint density at radius 3 is 2.62 bits per heavy atom. The van der Waals surface area contributed by atoms with Gasteiger partial charge in [0.15, 0.2) is 0 Å². The predicted octanol–water partition coefficient (Wildman–Crippen LogP) is 3.32. The zero-order valence-electron chi connectivity index (χ0n) is 13.1. The number of nitrogens with zero attached hydrogens (tertiary/aromatic N) is 2. The molecule has 1 heterocycles. The number of nitriles is 1. The largest absolute Gasteiger partial charge is 0.393 e. The van der Waals surface area contributed by atoms with Gasteiger partial charge in [0.1, 0.15) is 5.54 Å². The summed E-state index contributed by atoms with van der Waals surface area (Å²) in [5.41, 5.74) is -0.680. The van der Waals surface area contributed by atoms with Crippen molar-refractivity contribution >= 4 is 0 Å². The lowest BCUT2D eigenvalue weighted by atomic mass is 9.91. The van der Waals surface area contributed by atoms with Gasteiger partial charge in [0.25, 0.3) is 0 Å². The zero-order chi connectivity index (χ0) is 16.1. The summed E-state index contributed by atoms with van der Waals surface area (Å²) in [5.74, 6) is -1.23. The smallest absolute Gasteiger partial charge is 0.300 e. The topological polar surface area (TPSA) is 39.1 Å². The maximum absolute atomic E-state index is 12.9. The number of likely N-dealkylation sites (tertiary alicyclic amines) is 1. The fraction of sp³-hybridized carbons (Fsp3) is 0.933. The van der Waals surface area contributed by atoms with Crippen molar-refractivity contribution in [1.82, 2.24) is 10.2 Å². The van der Waals surface area contributed by atoms with Crippen LogP contribution in [0.3, 0.4) is 0 Å². The van der Waals surface area contributed by atoms with Crippen LogP contribution in [0.4, 0.5) is 13.2 Å². The molecule has 1 rings (SSSR count). The number of hydrogen-bond donors (Lipinski definition) is 1. The molecular formula is C15H26F3N3. The molecule has 0 aromatic carbocycles. The second kappa shape index (κ2) is 7.46. The van der Waals surface area contributed by atoms with E-state index in [9.17, 15) is 18.4 Å². The summed E-state index contributed by atoms with van der Waals surface area (Å²) in [6.07, 6.45) is -1.87. The van der Waals surface area contributed by atoms with E-state index in [4.69, 9.17) is 0 Å². The third-order valence-electron chi connectivity index (χ3n) is 4.25. The molecule has 0 spiro atoms. The maximum Gasteiger partial charge on any atom is 0.393 e. The second-order valence-electron chi connectivity index (χ2n) is 6.30. The Hall–Kier alpha value is -0.800. The van der Waals surface area contributed by atoms with E-state index in [0.29, 0.717) is 19.4 Å². The molecule has 1 saturated heterocycles. The van der Waals surface area contributed by atoms with Crippen LogP contribution in [0.1, 0.15) is 46.5 Å². The van der Waals surface area contributed by atoms with Crippen LogP contribution in [0.25, 0.3) is 0 Å². The highest BCUT2D eigenvalue weighted by Gasteiger charge is 2.43. The monoisotopic (exact) mass is 305 g/mol. The molecule has 0 aromatic heterocycles. The van der Waals surface area contributed by atoms with Crippen molar-refractivity contribution in [3.05, 3.63) is 0 Å². The summed E-state index contributed by atoms with van der Waals surface area (Å²) in [4.78, 5) is 1.88. The standard InChI is InChI=1S/C15H26F3N3/c1-4-7-20-14(3,11-19)9-12(2)21-8-5-6-13(10-21)15(16,17)18/h12-13,20H,4-10H2,1-3H3. The molecular weight excluding hydrogens is 279 g/mol. The highest BCUT2D eigenvalue weighted by molar-refractivity contribution is 5.05. The molecule has 1 N–H and O–H groups in total. The van der Waals surface area contributed by atoms with E-state index in [1.165, 1.54) is 0 Å². The van der Waals surface area contributed by atoms with Gasteiger partial charge in [-0.1, -0.05) is 6.92 Å². The quantitative estimate of drug-likeness (QED) is 0.818. The Morgan fingerprint density at radius 1 is 1.43 bits per heavy atom. The molecule has 0 aliphatic carbocycles. The average Bonchev–Trinajstić information content (AvgIpc) is 2.44. The minimum Gasteiger partial charge on any atom is -0.300 e. The first-order valence-electron chi connectivity index (χ1n) is 7.69. The molecule has 6 heteroatoms. The summed E-state index contributed by atoms with van der Waals surface area (Å²) in [5, 5.41) is 12.5. The summed E-state index contributed by atoms with van der Waals surface area (Å²) in [6.45, 7) is 7.24. The van der Waals surface area contributed by atoms with Gasteiger partial charge in [-0.15, -0.1) is 0 Å². The van der Waals surface area contributed by atoms with Crippen molar-refractivity contribution in [3.8, 4) is 6.07 Å². The lowest BCUT2D eigenvalue weighted by Gasteiger charge is -2.39. The van der Waals surface area contributed by atoms with E-state index < -0.39 is 17.6 Å². The van der Waals surface area contributed by atoms with Gasteiger partial charge < -0.3 is 0 Å². The number of nitrogens with one attached hydrogen (secondary N) is 1. The van der Waals surface area contributed by atoms with Gasteiger partial charge in [0, 0.05) is 12.6 Å². The zero-order valence-corrected chi connectivity index (χ0v) is 13.1. The van der Waals surface area contributed by atoms with E-state index >= 15 is 0 Å². The molecule has 122 valence electrons. The van der Waals surface area contributed by atoms with Crippen molar-refractivity contribution in [2.75, 3.05) is 19.6 Å². The first kappa shape index (κ1) is 18.2. The lowest BCUT2D eigenvalue weighted by molar-refractivity contribution is -0.188. The van der Waals surface area contributed by atoms with Crippen LogP contribution < -0.4 is 5.32 Å². The molecule has 1 aliphatic heterocycles. The Bertz CT molecular complexity index is 364. The molecule has 0 radical (unpaired) electrons.